The van der Waals surface area contributed by atoms with Crippen molar-refractivity contribution in [2.75, 3.05) is 7.11 Å². The van der Waals surface area contributed by atoms with Gasteiger partial charge in [0.15, 0.2) is 5.16 Å². The number of fused-ring (bicyclic) bond motifs is 3. The highest BCUT2D eigenvalue weighted by Gasteiger charge is 2.19. The Bertz CT molecular complexity index is 1340. The van der Waals surface area contributed by atoms with Crippen molar-refractivity contribution in [3.05, 3.63) is 72.3 Å². The predicted molar refractivity (Wildman–Crippen MR) is 120 cm³/mol. The van der Waals surface area contributed by atoms with Crippen LogP contribution in [0.3, 0.4) is 0 Å². The Kier molecular flexibility index (Phi) is 4.67. The number of nitrogens with one attached hydrogen (secondary N) is 1. The van der Waals surface area contributed by atoms with Crippen LogP contribution in [0.2, 0.25) is 0 Å². The van der Waals surface area contributed by atoms with Crippen LogP contribution in [0.5, 0.6) is 5.75 Å². The quantitative estimate of drug-likeness (QED) is 0.387. The molecule has 0 aliphatic rings. The molecule has 0 aliphatic carbocycles. The Morgan fingerprint density at radius 3 is 2.70 bits per heavy atom. The number of aryl methyl sites for hydroxylation is 1. The Morgan fingerprint density at radius 2 is 1.90 bits per heavy atom. The van der Waals surface area contributed by atoms with Gasteiger partial charge in [-0.15, -0.1) is 0 Å². The Balaban J connectivity index is 1.54. The molecule has 0 saturated carbocycles. The zero-order chi connectivity index (χ0) is 20.7. The summed E-state index contributed by atoms with van der Waals surface area (Å²) in [5.41, 5.74) is 4.93. The number of ether oxygens (including phenoxy) is 1. The molecule has 3 heterocycles. The number of imidazole rings is 1. The predicted octanol–water partition coefficient (Wildman–Crippen LogP) is 5.44. The summed E-state index contributed by atoms with van der Waals surface area (Å²) in [4.78, 5) is 13.0. The number of methoxy groups -OCH3 is 1. The van der Waals surface area contributed by atoms with Gasteiger partial charge in [0.1, 0.15) is 11.6 Å². The first-order valence-corrected chi connectivity index (χ1v) is 10.6. The first-order chi connectivity index (χ1) is 14.6. The molecular weight excluding hydrogens is 394 g/mol. The second-order valence-corrected chi connectivity index (χ2v) is 8.48. The molecule has 0 spiro atoms. The minimum atomic E-state index is 0.0391. The van der Waals surface area contributed by atoms with Crippen LogP contribution in [0, 0.1) is 6.92 Å². The fourth-order valence-electron chi connectivity index (χ4n) is 3.59. The fourth-order valence-corrected chi connectivity index (χ4v) is 4.46. The number of hydrogen-bond donors (Lipinski definition) is 1. The number of aromatic nitrogens is 5. The monoisotopic (exact) mass is 415 g/mol. The third kappa shape index (κ3) is 3.31. The molecule has 0 saturated heterocycles. The molecule has 1 atom stereocenters. The minimum Gasteiger partial charge on any atom is -0.497 e. The van der Waals surface area contributed by atoms with Gasteiger partial charge in [0.25, 0.3) is 0 Å². The molecule has 30 heavy (non-hydrogen) atoms. The number of aromatic amines is 1. The van der Waals surface area contributed by atoms with Gasteiger partial charge >= 0.3 is 0 Å². The number of nitrogens with zero attached hydrogens (tertiary/aromatic N) is 4. The van der Waals surface area contributed by atoms with Crippen molar-refractivity contribution >= 4 is 28.2 Å². The molecular formula is C23H21N5OS. The van der Waals surface area contributed by atoms with Crippen molar-refractivity contribution in [2.24, 2.45) is 0 Å². The van der Waals surface area contributed by atoms with E-state index in [1.54, 1.807) is 18.9 Å². The molecule has 5 rings (SSSR count). The van der Waals surface area contributed by atoms with Crippen molar-refractivity contribution in [1.29, 1.82) is 0 Å². The zero-order valence-electron chi connectivity index (χ0n) is 17.0. The SMILES string of the molecule is COc1ccc2c(c1)nc(C(C)Sc1nc(-c3ccccc3)c[nH]1)n1nc(C)cc21. The first kappa shape index (κ1) is 18.7. The summed E-state index contributed by atoms with van der Waals surface area (Å²) >= 11 is 1.63. The number of rotatable bonds is 5. The first-order valence-electron chi connectivity index (χ1n) is 9.74. The number of benzene rings is 2. The number of thioether (sulfide) groups is 1. The van der Waals surface area contributed by atoms with E-state index in [-0.39, 0.29) is 5.25 Å². The fraction of sp³-hybridized carbons (Fsp3) is 0.174. The lowest BCUT2D eigenvalue weighted by Crippen LogP contribution is -2.06. The van der Waals surface area contributed by atoms with Gasteiger partial charge in [0, 0.05) is 23.2 Å². The van der Waals surface area contributed by atoms with E-state index in [4.69, 9.17) is 19.8 Å². The highest BCUT2D eigenvalue weighted by Crippen LogP contribution is 2.35. The van der Waals surface area contributed by atoms with Crippen molar-refractivity contribution in [1.82, 2.24) is 24.6 Å². The summed E-state index contributed by atoms with van der Waals surface area (Å²) in [5, 5.41) is 6.65. The van der Waals surface area contributed by atoms with Gasteiger partial charge in [-0.25, -0.2) is 14.5 Å². The van der Waals surface area contributed by atoms with Gasteiger partial charge in [-0.3, -0.25) is 0 Å². The Hall–Kier alpha value is -3.32. The molecule has 0 aliphatic heterocycles. The summed E-state index contributed by atoms with van der Waals surface area (Å²) in [6.07, 6.45) is 1.94. The summed E-state index contributed by atoms with van der Waals surface area (Å²) in [7, 11) is 1.67. The average Bonchev–Trinajstić information content (AvgIpc) is 3.39. The van der Waals surface area contributed by atoms with Crippen molar-refractivity contribution in [3.8, 4) is 17.0 Å². The van der Waals surface area contributed by atoms with E-state index in [1.807, 2.05) is 54.0 Å². The summed E-state index contributed by atoms with van der Waals surface area (Å²) in [6.45, 7) is 4.13. The molecule has 7 heteroatoms. The smallest absolute Gasteiger partial charge is 0.166 e. The van der Waals surface area contributed by atoms with Crippen LogP contribution in [-0.2, 0) is 0 Å². The van der Waals surface area contributed by atoms with Gasteiger partial charge < -0.3 is 9.72 Å². The van der Waals surface area contributed by atoms with Gasteiger partial charge in [-0.1, -0.05) is 42.1 Å². The largest absolute Gasteiger partial charge is 0.497 e. The van der Waals surface area contributed by atoms with Crippen LogP contribution < -0.4 is 4.74 Å². The average molecular weight is 416 g/mol. The summed E-state index contributed by atoms with van der Waals surface area (Å²) < 4.78 is 7.34. The maximum Gasteiger partial charge on any atom is 0.166 e. The minimum absolute atomic E-state index is 0.0391. The maximum atomic E-state index is 5.40. The highest BCUT2D eigenvalue weighted by atomic mass is 32.2. The maximum absolute atomic E-state index is 5.40. The summed E-state index contributed by atoms with van der Waals surface area (Å²) in [5.74, 6) is 1.67. The molecule has 0 amide bonds. The highest BCUT2D eigenvalue weighted by molar-refractivity contribution is 7.99. The van der Waals surface area contributed by atoms with E-state index in [1.165, 1.54) is 0 Å². The van der Waals surface area contributed by atoms with E-state index in [9.17, 15) is 0 Å². The molecule has 5 aromatic rings. The zero-order valence-corrected chi connectivity index (χ0v) is 17.8. The normalized spacial score (nSPS) is 12.5. The van der Waals surface area contributed by atoms with Gasteiger partial charge in [-0.05, 0) is 32.0 Å². The van der Waals surface area contributed by atoms with Crippen LogP contribution in [0.4, 0.5) is 0 Å². The standard InChI is InChI=1S/C23H21N5OS/c1-14-11-21-18-10-9-17(29-3)12-19(18)25-22(28(21)27-14)15(2)30-23-24-13-20(26-23)16-7-5-4-6-8-16/h4-13,15H,1-3H3,(H,24,26). The molecule has 6 nitrogen and oxygen atoms in total. The van der Waals surface area contributed by atoms with Gasteiger partial charge in [0.2, 0.25) is 0 Å². The van der Waals surface area contributed by atoms with Crippen molar-refractivity contribution in [2.45, 2.75) is 24.3 Å². The van der Waals surface area contributed by atoms with Crippen molar-refractivity contribution < 1.29 is 4.74 Å². The third-order valence-corrected chi connectivity index (χ3v) is 6.04. The molecule has 0 fully saturated rings. The molecule has 150 valence electrons. The van der Waals surface area contributed by atoms with Crippen LogP contribution in [0.25, 0.3) is 27.7 Å². The van der Waals surface area contributed by atoms with Gasteiger partial charge in [-0.2, -0.15) is 5.10 Å². The Labute approximate surface area is 178 Å². The van der Waals surface area contributed by atoms with Crippen LogP contribution in [-0.4, -0.2) is 31.7 Å². The van der Waals surface area contributed by atoms with E-state index in [0.717, 1.165) is 50.1 Å². The molecule has 0 radical (unpaired) electrons. The van der Waals surface area contributed by atoms with Gasteiger partial charge in [0.05, 0.1) is 34.8 Å². The van der Waals surface area contributed by atoms with E-state index in [0.29, 0.717) is 0 Å². The molecule has 1 N–H and O–H groups in total. The third-order valence-electron chi connectivity index (χ3n) is 5.04. The topological polar surface area (TPSA) is 68.1 Å². The second kappa shape index (κ2) is 7.50. The molecule has 2 aromatic carbocycles. The Morgan fingerprint density at radius 1 is 1.07 bits per heavy atom. The number of H-pyrrole nitrogens is 1. The molecule has 0 bridgehead atoms. The van der Waals surface area contributed by atoms with E-state index in [2.05, 4.69) is 30.1 Å². The lowest BCUT2D eigenvalue weighted by molar-refractivity contribution is 0.415. The lowest BCUT2D eigenvalue weighted by Gasteiger charge is -2.13. The lowest BCUT2D eigenvalue weighted by atomic mass is 10.2. The second-order valence-electron chi connectivity index (χ2n) is 7.15. The van der Waals surface area contributed by atoms with E-state index < -0.39 is 0 Å². The molecule has 1 unspecified atom stereocenters. The summed E-state index contributed by atoms with van der Waals surface area (Å²) in [6, 6.07) is 18.2. The van der Waals surface area contributed by atoms with Crippen LogP contribution in [0.1, 0.15) is 23.7 Å². The van der Waals surface area contributed by atoms with Crippen LogP contribution in [0.15, 0.2) is 66.0 Å². The van der Waals surface area contributed by atoms with Crippen molar-refractivity contribution in [3.63, 3.8) is 0 Å². The van der Waals surface area contributed by atoms with E-state index >= 15 is 0 Å². The number of hydrogen-bond acceptors (Lipinski definition) is 5. The molecule has 3 aromatic heterocycles. The van der Waals surface area contributed by atoms with Crippen LogP contribution >= 0.6 is 11.8 Å².